The van der Waals surface area contributed by atoms with Crippen LogP contribution in [0.25, 0.3) is 0 Å². The Morgan fingerprint density at radius 2 is 1.88 bits per heavy atom. The fourth-order valence-corrected chi connectivity index (χ4v) is 1.47. The molecular weight excluding hydrogens is 208 g/mol. The zero-order valence-electron chi connectivity index (χ0n) is 10.3. The molecule has 1 fully saturated rings. The lowest BCUT2D eigenvalue weighted by Gasteiger charge is -2.14. The van der Waals surface area contributed by atoms with E-state index in [9.17, 15) is 4.79 Å². The van der Waals surface area contributed by atoms with Gasteiger partial charge >= 0.3 is 6.09 Å². The molecule has 0 aromatic carbocycles. The minimum absolute atomic E-state index is 0.0359. The van der Waals surface area contributed by atoms with Crippen molar-refractivity contribution in [3.05, 3.63) is 0 Å². The lowest BCUT2D eigenvalue weighted by Crippen LogP contribution is -2.29. The van der Waals surface area contributed by atoms with Crippen molar-refractivity contribution in [1.29, 1.82) is 0 Å². The van der Waals surface area contributed by atoms with E-state index in [-0.39, 0.29) is 6.10 Å². The van der Waals surface area contributed by atoms with Gasteiger partial charge in [0, 0.05) is 13.1 Å². The molecule has 0 aliphatic heterocycles. The minimum atomic E-state index is -0.961. The highest BCUT2D eigenvalue weighted by Gasteiger charge is 2.07. The average Bonchev–Trinajstić information content (AvgIpc) is 2.18. The number of rotatable bonds is 3. The number of amides is 1. The van der Waals surface area contributed by atoms with Crippen LogP contribution in [0.2, 0.25) is 0 Å². The van der Waals surface area contributed by atoms with Gasteiger partial charge in [-0.2, -0.15) is 0 Å². The number of hydrogen-bond acceptors (Lipinski definition) is 3. The van der Waals surface area contributed by atoms with Crippen LogP contribution in [-0.2, 0) is 0 Å². The minimum Gasteiger partial charge on any atom is -0.465 e. The number of carbonyl (C=O) groups is 1. The first kappa shape index (κ1) is 15.2. The summed E-state index contributed by atoms with van der Waals surface area (Å²) in [6.07, 6.45) is 4.96. The Kier molecular flexibility index (Phi) is 8.94. The monoisotopic (exact) mass is 232 g/mol. The summed E-state index contributed by atoms with van der Waals surface area (Å²) in [6, 6.07) is 0. The molecule has 0 unspecified atom stereocenters. The molecule has 0 aromatic rings. The summed E-state index contributed by atoms with van der Waals surface area (Å²) in [5.41, 5.74) is 0. The maximum atomic E-state index is 9.85. The molecule has 1 aliphatic carbocycles. The molecule has 16 heavy (non-hydrogen) atoms. The van der Waals surface area contributed by atoms with Gasteiger partial charge in [-0.05, 0) is 26.9 Å². The molecular formula is C11H24N2O3. The van der Waals surface area contributed by atoms with E-state index in [2.05, 4.69) is 5.32 Å². The Labute approximate surface area is 97.4 Å². The molecule has 3 N–H and O–H groups in total. The normalized spacial score (nSPS) is 16.5. The van der Waals surface area contributed by atoms with Gasteiger partial charge in [0.2, 0.25) is 0 Å². The van der Waals surface area contributed by atoms with Crippen molar-refractivity contribution < 1.29 is 15.0 Å². The van der Waals surface area contributed by atoms with Crippen molar-refractivity contribution in [2.24, 2.45) is 0 Å². The third-order valence-electron chi connectivity index (χ3n) is 2.41. The molecule has 0 saturated heterocycles. The summed E-state index contributed by atoms with van der Waals surface area (Å²) in [6.45, 7) is 1.23. The van der Waals surface area contributed by atoms with Gasteiger partial charge in [0.05, 0.1) is 6.10 Å². The molecule has 0 atom stereocenters. The third-order valence-corrected chi connectivity index (χ3v) is 2.41. The van der Waals surface area contributed by atoms with Crippen LogP contribution in [0.1, 0.15) is 32.1 Å². The Morgan fingerprint density at radius 3 is 2.19 bits per heavy atom. The third kappa shape index (κ3) is 11.3. The second kappa shape index (κ2) is 9.42. The number of carboxylic acid groups (broad SMARTS) is 1. The molecule has 1 rings (SSSR count). The van der Waals surface area contributed by atoms with Crippen LogP contribution in [-0.4, -0.2) is 54.5 Å². The van der Waals surface area contributed by atoms with Gasteiger partial charge in [-0.25, -0.2) is 4.79 Å². The molecule has 1 amide bonds. The predicted molar refractivity (Wildman–Crippen MR) is 63.7 cm³/mol. The topological polar surface area (TPSA) is 72.8 Å². The van der Waals surface area contributed by atoms with Crippen LogP contribution in [0, 0.1) is 0 Å². The van der Waals surface area contributed by atoms with Crippen LogP contribution in [0.15, 0.2) is 0 Å². The first-order valence-electron chi connectivity index (χ1n) is 5.82. The van der Waals surface area contributed by atoms with Crippen LogP contribution in [0.3, 0.4) is 0 Å². The molecule has 1 saturated carbocycles. The van der Waals surface area contributed by atoms with E-state index < -0.39 is 6.09 Å². The van der Waals surface area contributed by atoms with E-state index in [0.29, 0.717) is 6.54 Å². The van der Waals surface area contributed by atoms with E-state index >= 15 is 0 Å². The number of nitrogens with one attached hydrogen (secondary N) is 1. The Bertz CT molecular complexity index is 180. The Hall–Kier alpha value is -0.810. The lowest BCUT2D eigenvalue weighted by molar-refractivity contribution is 0.130. The van der Waals surface area contributed by atoms with E-state index in [1.165, 1.54) is 19.3 Å². The van der Waals surface area contributed by atoms with Crippen LogP contribution in [0.5, 0.6) is 0 Å². The smallest absolute Gasteiger partial charge is 0.404 e. The molecule has 0 aromatic heterocycles. The molecule has 0 bridgehead atoms. The molecule has 1 aliphatic rings. The highest BCUT2D eigenvalue weighted by atomic mass is 16.4. The summed E-state index contributed by atoms with van der Waals surface area (Å²) in [5, 5.41) is 19.3. The van der Waals surface area contributed by atoms with E-state index in [4.69, 9.17) is 10.2 Å². The molecule has 5 heteroatoms. The first-order valence-corrected chi connectivity index (χ1v) is 5.82. The van der Waals surface area contributed by atoms with Crippen molar-refractivity contribution >= 4 is 6.09 Å². The molecule has 5 nitrogen and oxygen atoms in total. The summed E-state index contributed by atoms with van der Waals surface area (Å²) in [4.78, 5) is 11.8. The number of aliphatic hydroxyl groups excluding tert-OH is 1. The van der Waals surface area contributed by atoms with Crippen molar-refractivity contribution in [3.8, 4) is 0 Å². The summed E-state index contributed by atoms with van der Waals surface area (Å²) >= 11 is 0. The first-order chi connectivity index (χ1) is 7.52. The van der Waals surface area contributed by atoms with Crippen molar-refractivity contribution in [3.63, 3.8) is 0 Å². The van der Waals surface area contributed by atoms with Crippen molar-refractivity contribution in [1.82, 2.24) is 10.2 Å². The fourth-order valence-electron chi connectivity index (χ4n) is 1.47. The number of likely N-dealkylation sites (N-methyl/N-ethyl adjacent to an activating group) is 1. The maximum Gasteiger partial charge on any atom is 0.404 e. The van der Waals surface area contributed by atoms with Gasteiger partial charge in [0.15, 0.2) is 0 Å². The second-order valence-electron chi connectivity index (χ2n) is 4.33. The van der Waals surface area contributed by atoms with Gasteiger partial charge in [-0.3, -0.25) is 0 Å². The molecule has 96 valence electrons. The van der Waals surface area contributed by atoms with E-state index in [1.54, 1.807) is 0 Å². The molecule has 0 heterocycles. The van der Waals surface area contributed by atoms with E-state index in [0.717, 1.165) is 19.4 Å². The van der Waals surface area contributed by atoms with E-state index in [1.807, 2.05) is 19.0 Å². The maximum absolute atomic E-state index is 9.85. The number of nitrogens with zero attached hydrogens (tertiary/aromatic N) is 1. The van der Waals surface area contributed by atoms with Gasteiger partial charge < -0.3 is 20.4 Å². The second-order valence-corrected chi connectivity index (χ2v) is 4.33. The van der Waals surface area contributed by atoms with Crippen LogP contribution in [0.4, 0.5) is 4.79 Å². The highest BCUT2D eigenvalue weighted by molar-refractivity contribution is 5.64. The predicted octanol–water partition coefficient (Wildman–Crippen LogP) is 1.13. The Morgan fingerprint density at radius 1 is 1.31 bits per heavy atom. The fraction of sp³-hybridized carbons (Fsp3) is 0.909. The number of aliphatic hydroxyl groups is 1. The van der Waals surface area contributed by atoms with Gasteiger partial charge in [-0.15, -0.1) is 0 Å². The summed E-state index contributed by atoms with van der Waals surface area (Å²) < 4.78 is 0. The van der Waals surface area contributed by atoms with Crippen molar-refractivity contribution in [2.75, 3.05) is 27.2 Å². The standard InChI is InChI=1S/C6H12O.C5H12N2O2/c7-6-4-2-1-3-5-6;1-7(2)4-3-6-5(8)9/h6-7H,1-5H2;6H,3-4H2,1-2H3,(H,8,9). The Balaban J connectivity index is 0.000000288. The quantitative estimate of drug-likeness (QED) is 0.682. The SMILES string of the molecule is CN(C)CCNC(=O)O.OC1CCCCC1. The average molecular weight is 232 g/mol. The number of hydrogen-bond donors (Lipinski definition) is 3. The molecule has 0 radical (unpaired) electrons. The largest absolute Gasteiger partial charge is 0.465 e. The summed E-state index contributed by atoms with van der Waals surface area (Å²) in [7, 11) is 3.78. The van der Waals surface area contributed by atoms with Gasteiger partial charge in [-0.1, -0.05) is 19.3 Å². The van der Waals surface area contributed by atoms with Gasteiger partial charge in [0.25, 0.3) is 0 Å². The lowest BCUT2D eigenvalue weighted by atomic mass is 9.98. The zero-order valence-corrected chi connectivity index (χ0v) is 10.3. The molecule has 0 spiro atoms. The van der Waals surface area contributed by atoms with Gasteiger partial charge in [0.1, 0.15) is 0 Å². The zero-order chi connectivity index (χ0) is 12.4. The highest BCUT2D eigenvalue weighted by Crippen LogP contribution is 2.16. The summed E-state index contributed by atoms with van der Waals surface area (Å²) in [5.74, 6) is 0. The van der Waals surface area contributed by atoms with Crippen molar-refractivity contribution in [2.45, 2.75) is 38.2 Å². The van der Waals surface area contributed by atoms with Crippen LogP contribution >= 0.6 is 0 Å². The van der Waals surface area contributed by atoms with Crippen LogP contribution < -0.4 is 5.32 Å².